The number of unbranched alkanes of at least 4 members (excludes halogenated alkanes) is 56. The normalized spacial score (nSPS) is 25.2. The van der Waals surface area contributed by atoms with Crippen molar-refractivity contribution in [1.82, 2.24) is 10.6 Å². The van der Waals surface area contributed by atoms with E-state index >= 15 is 0 Å². The Bertz CT molecular complexity index is 2280. The van der Waals surface area contributed by atoms with E-state index in [9.17, 15) is 75.7 Å². The summed E-state index contributed by atoms with van der Waals surface area (Å²) in [6.45, 7) is 2.23. The van der Waals surface area contributed by atoms with E-state index in [1.165, 1.54) is 315 Å². The molecule has 0 spiro atoms. The Labute approximate surface area is 683 Å². The molecule has 18 unspecified atom stereocenters. The van der Waals surface area contributed by atoms with Crippen LogP contribution in [-0.2, 0) is 42.8 Å². The molecule has 3 fully saturated rings. The molecule has 18 atom stereocenters. The third kappa shape index (κ3) is 46.7. The number of aliphatic hydroxyl groups is 11. The molecule has 666 valence electrons. The Hall–Kier alpha value is -2.53. The van der Waals surface area contributed by atoms with Gasteiger partial charge in [0.05, 0.1) is 50.7 Å². The maximum atomic E-state index is 13.6. The predicted molar refractivity (Wildman–Crippen MR) is 445 cm³/mol. The summed E-state index contributed by atoms with van der Waals surface area (Å²) in [5.74, 6) is -6.13. The van der Waals surface area contributed by atoms with Crippen LogP contribution in [-0.4, -0.2) is 215 Å². The molecule has 3 heterocycles. The van der Waals surface area contributed by atoms with Crippen LogP contribution in [0.25, 0.3) is 0 Å². The SMILES string of the molecule is CCCCCCCCCCCCCCCCCCCCCCCC/C=C/C(O)C(COC1OC(CO)C(OC2OC(CO)C(O)C(OC3(C(=O)O)CC(O)C(NC(C)=O)C(C(O)C(O)CO)O3)C2O)C(O)C1O)NC(=O)CCCCCCCCCCCCCCCCCCCCCCCCCCCCCCCCCCCCC. The summed E-state index contributed by atoms with van der Waals surface area (Å²) >= 11 is 0. The Balaban J connectivity index is 1.43. The molecule has 3 aliphatic heterocycles. The van der Waals surface area contributed by atoms with Crippen LogP contribution in [0.3, 0.4) is 0 Å². The van der Waals surface area contributed by atoms with E-state index in [0.29, 0.717) is 12.8 Å². The van der Waals surface area contributed by atoms with Gasteiger partial charge >= 0.3 is 5.97 Å². The van der Waals surface area contributed by atoms with Crippen molar-refractivity contribution in [3.8, 4) is 0 Å². The van der Waals surface area contributed by atoms with Gasteiger partial charge in [-0.15, -0.1) is 0 Å². The summed E-state index contributed by atoms with van der Waals surface area (Å²) in [7, 11) is 0. The van der Waals surface area contributed by atoms with E-state index in [4.69, 9.17) is 28.4 Å². The fourth-order valence-corrected chi connectivity index (χ4v) is 16.4. The molecular weight excluding hydrogens is 1440 g/mol. The van der Waals surface area contributed by atoms with Crippen LogP contribution >= 0.6 is 0 Å². The molecule has 0 aromatic carbocycles. The highest BCUT2D eigenvalue weighted by molar-refractivity contribution is 5.77. The molecule has 0 saturated carbocycles. The van der Waals surface area contributed by atoms with Gasteiger partial charge in [0.1, 0.15) is 67.1 Å². The fourth-order valence-electron chi connectivity index (χ4n) is 16.4. The molecule has 113 heavy (non-hydrogen) atoms. The molecule has 0 bridgehead atoms. The van der Waals surface area contributed by atoms with Crippen molar-refractivity contribution >= 4 is 17.8 Å². The highest BCUT2D eigenvalue weighted by Gasteiger charge is 2.60. The number of nitrogens with one attached hydrogen (secondary N) is 2. The lowest BCUT2D eigenvalue weighted by Crippen LogP contribution is -2.70. The number of rotatable bonds is 76. The molecule has 0 aromatic rings. The van der Waals surface area contributed by atoms with Crippen LogP contribution in [0.2, 0.25) is 0 Å². The summed E-state index contributed by atoms with van der Waals surface area (Å²) in [5, 5.41) is 137. The first-order chi connectivity index (χ1) is 54.9. The zero-order valence-corrected chi connectivity index (χ0v) is 71.3. The van der Waals surface area contributed by atoms with Gasteiger partial charge in [-0.1, -0.05) is 379 Å². The van der Waals surface area contributed by atoms with Crippen molar-refractivity contribution < 1.29 is 104 Å². The summed E-state index contributed by atoms with van der Waals surface area (Å²) in [6, 6.07) is -2.62. The van der Waals surface area contributed by atoms with E-state index in [0.717, 1.165) is 51.9 Å². The van der Waals surface area contributed by atoms with Gasteiger partial charge in [0.2, 0.25) is 11.8 Å². The molecule has 0 aromatic heterocycles. The van der Waals surface area contributed by atoms with E-state index in [1.54, 1.807) is 6.08 Å². The van der Waals surface area contributed by atoms with Crippen LogP contribution < -0.4 is 10.6 Å². The van der Waals surface area contributed by atoms with Gasteiger partial charge in [-0.2, -0.15) is 0 Å². The predicted octanol–water partition coefficient (Wildman–Crippen LogP) is 15.3. The minimum absolute atomic E-state index is 0.206. The number of hydrogen-bond donors (Lipinski definition) is 14. The summed E-state index contributed by atoms with van der Waals surface area (Å²) in [6.07, 6.45) is 49.9. The number of carboxylic acids is 1. The minimum atomic E-state index is -3.08. The number of hydrogen-bond acceptors (Lipinski definition) is 20. The van der Waals surface area contributed by atoms with Crippen molar-refractivity contribution in [2.24, 2.45) is 0 Å². The van der Waals surface area contributed by atoms with Crippen LogP contribution in [0, 0.1) is 0 Å². The first-order valence-electron chi connectivity index (χ1n) is 46.6. The molecule has 23 nitrogen and oxygen atoms in total. The molecule has 0 aliphatic carbocycles. The average Bonchev–Trinajstić information content (AvgIpc) is 0.753. The third-order valence-corrected chi connectivity index (χ3v) is 23.7. The number of carbonyl (C=O) groups is 3. The number of carboxylic acid groups (broad SMARTS) is 1. The lowest BCUT2D eigenvalue weighted by molar-refractivity contribution is -0.386. The van der Waals surface area contributed by atoms with Crippen LogP contribution in [0.1, 0.15) is 406 Å². The van der Waals surface area contributed by atoms with Gasteiger partial charge in [-0.3, -0.25) is 9.59 Å². The summed E-state index contributed by atoms with van der Waals surface area (Å²) in [5.41, 5.74) is 0. The van der Waals surface area contributed by atoms with Gasteiger partial charge in [-0.25, -0.2) is 4.79 Å². The zero-order valence-electron chi connectivity index (χ0n) is 71.3. The zero-order chi connectivity index (χ0) is 82.4. The van der Waals surface area contributed by atoms with Crippen LogP contribution in [0.5, 0.6) is 0 Å². The number of ether oxygens (including phenoxy) is 6. The smallest absolute Gasteiger partial charge is 0.364 e. The molecule has 3 rings (SSSR count). The second-order valence-corrected chi connectivity index (χ2v) is 33.9. The van der Waals surface area contributed by atoms with Crippen molar-refractivity contribution in [1.29, 1.82) is 0 Å². The Kier molecular flexibility index (Phi) is 63.1. The Morgan fingerprint density at radius 2 is 0.823 bits per heavy atom. The largest absolute Gasteiger partial charge is 0.477 e. The molecule has 0 radical (unpaired) electrons. The van der Waals surface area contributed by atoms with E-state index < -0.39 is 155 Å². The maximum absolute atomic E-state index is 13.6. The number of amides is 2. The van der Waals surface area contributed by atoms with Crippen molar-refractivity contribution in [2.45, 2.75) is 516 Å². The van der Waals surface area contributed by atoms with Crippen molar-refractivity contribution in [3.05, 3.63) is 12.2 Å². The fraction of sp³-hybridized carbons (Fsp3) is 0.944. The molecule has 3 aliphatic rings. The van der Waals surface area contributed by atoms with Crippen LogP contribution in [0.4, 0.5) is 0 Å². The van der Waals surface area contributed by atoms with Gasteiger partial charge in [0, 0.05) is 19.8 Å². The Morgan fingerprint density at radius 3 is 1.18 bits per heavy atom. The standard InChI is InChI=1S/C90H170N2O21/c1-4-6-8-10-12-14-16-18-20-22-24-26-28-30-31-32-33-34-35-36-37-38-39-40-42-44-46-48-50-52-54-56-58-60-62-64-77(100)92-71(72(97)63-61-59-57-55-53-51-49-47-45-43-41-29-27-25-23-21-19-17-15-13-11-9-7-5-2)69-108-87-82(104)81(103)84(76(68-95)110-87)111-88-83(105)86(80(102)75(67-94)109-88)113-90(89(106)107)65-73(98)78(91-70(3)96)85(112-90)79(101)74(99)66-93/h61,63,71-76,78-88,93-95,97-99,101-105H,4-60,62,64-69H2,1-3H3,(H,91,96)(H,92,100)(H,106,107)/b63-61+. The number of aliphatic carboxylic acids is 1. The lowest BCUT2D eigenvalue weighted by Gasteiger charge is -2.50. The van der Waals surface area contributed by atoms with E-state index in [1.807, 2.05) is 6.08 Å². The van der Waals surface area contributed by atoms with E-state index in [-0.39, 0.29) is 12.3 Å². The molecule has 2 amide bonds. The summed E-state index contributed by atoms with van der Waals surface area (Å²) < 4.78 is 35.0. The first kappa shape index (κ1) is 105. The van der Waals surface area contributed by atoms with Crippen molar-refractivity contribution in [3.63, 3.8) is 0 Å². The lowest BCUT2D eigenvalue weighted by atomic mass is 9.88. The number of carbonyl (C=O) groups excluding carboxylic acids is 2. The average molecular weight is 1620 g/mol. The molecular formula is C90H170N2O21. The van der Waals surface area contributed by atoms with Gasteiger partial charge in [0.25, 0.3) is 5.79 Å². The highest BCUT2D eigenvalue weighted by atomic mass is 16.8. The third-order valence-electron chi connectivity index (χ3n) is 23.7. The molecule has 14 N–H and O–H groups in total. The topological polar surface area (TPSA) is 373 Å². The van der Waals surface area contributed by atoms with E-state index in [2.05, 4.69) is 24.5 Å². The summed E-state index contributed by atoms with van der Waals surface area (Å²) in [4.78, 5) is 38.8. The monoisotopic (exact) mass is 1620 g/mol. The number of aliphatic hydroxyl groups excluding tert-OH is 11. The second-order valence-electron chi connectivity index (χ2n) is 33.9. The van der Waals surface area contributed by atoms with Crippen LogP contribution in [0.15, 0.2) is 12.2 Å². The quantitative estimate of drug-likeness (QED) is 0.0199. The Morgan fingerprint density at radius 1 is 0.460 bits per heavy atom. The van der Waals surface area contributed by atoms with Gasteiger partial charge < -0.3 is 100 Å². The number of allylic oxidation sites excluding steroid dienone is 1. The first-order valence-corrected chi connectivity index (χ1v) is 46.6. The second kappa shape index (κ2) is 68.2. The minimum Gasteiger partial charge on any atom is -0.477 e. The molecule has 3 saturated heterocycles. The molecule has 23 heteroatoms. The maximum Gasteiger partial charge on any atom is 0.364 e. The van der Waals surface area contributed by atoms with Gasteiger partial charge in [-0.05, 0) is 19.3 Å². The highest BCUT2D eigenvalue weighted by Crippen LogP contribution is 2.39. The van der Waals surface area contributed by atoms with Gasteiger partial charge in [0.15, 0.2) is 12.6 Å². The van der Waals surface area contributed by atoms with Crippen molar-refractivity contribution in [2.75, 3.05) is 26.4 Å².